The summed E-state index contributed by atoms with van der Waals surface area (Å²) >= 11 is 0. The van der Waals surface area contributed by atoms with E-state index in [1.165, 1.54) is 17.4 Å². The molecule has 0 bridgehead atoms. The molecule has 142 valence electrons. The molecule has 26 heavy (non-hydrogen) atoms. The van der Waals surface area contributed by atoms with Gasteiger partial charge in [-0.25, -0.2) is 0 Å². The van der Waals surface area contributed by atoms with Crippen LogP contribution in [0.4, 0.5) is 0 Å². The van der Waals surface area contributed by atoms with Crippen LogP contribution in [0.1, 0.15) is 44.6 Å². The molecule has 1 aromatic carbocycles. The Bertz CT molecular complexity index is 617. The number of aryl methyl sites for hydroxylation is 1. The maximum absolute atomic E-state index is 12.5. The van der Waals surface area contributed by atoms with Gasteiger partial charge in [0.05, 0.1) is 0 Å². The molecule has 6 nitrogen and oxygen atoms in total. The van der Waals surface area contributed by atoms with Crippen LogP contribution in [-0.2, 0) is 20.8 Å². The Balaban J connectivity index is 1.82. The van der Waals surface area contributed by atoms with Gasteiger partial charge in [-0.1, -0.05) is 30.3 Å². The zero-order valence-electron chi connectivity index (χ0n) is 15.4. The van der Waals surface area contributed by atoms with Crippen LogP contribution in [0.5, 0.6) is 0 Å². The van der Waals surface area contributed by atoms with E-state index < -0.39 is 5.97 Å². The standard InChI is InChI=1S/C20H28N2O4/c1-16(23)22(15-20(25)26)18-10-6-13-21(14-12-18)19(24)11-5-9-17-7-3-2-4-8-17/h2-4,7-8,18H,5-6,9-15H2,1H3,(H,25,26). The van der Waals surface area contributed by atoms with Crippen LogP contribution in [0, 0.1) is 0 Å². The molecule has 1 aliphatic heterocycles. The lowest BCUT2D eigenvalue weighted by atomic mass is 10.1. The molecule has 0 spiro atoms. The van der Waals surface area contributed by atoms with Crippen molar-refractivity contribution in [2.45, 2.75) is 51.5 Å². The summed E-state index contributed by atoms with van der Waals surface area (Å²) < 4.78 is 0. The molecule has 1 saturated heterocycles. The van der Waals surface area contributed by atoms with Crippen LogP contribution in [0.3, 0.4) is 0 Å². The highest BCUT2D eigenvalue weighted by Crippen LogP contribution is 2.18. The number of benzene rings is 1. The molecular formula is C20H28N2O4. The van der Waals surface area contributed by atoms with E-state index in [2.05, 4.69) is 12.1 Å². The van der Waals surface area contributed by atoms with E-state index in [4.69, 9.17) is 5.11 Å². The van der Waals surface area contributed by atoms with E-state index in [0.717, 1.165) is 25.7 Å². The average Bonchev–Trinajstić information content (AvgIpc) is 2.86. The summed E-state index contributed by atoms with van der Waals surface area (Å²) in [7, 11) is 0. The Morgan fingerprint density at radius 3 is 2.54 bits per heavy atom. The molecule has 6 heteroatoms. The second kappa shape index (κ2) is 9.94. The van der Waals surface area contributed by atoms with Gasteiger partial charge in [-0.3, -0.25) is 14.4 Å². The largest absolute Gasteiger partial charge is 0.480 e. The third kappa shape index (κ3) is 6.17. The van der Waals surface area contributed by atoms with Gasteiger partial charge < -0.3 is 14.9 Å². The third-order valence-corrected chi connectivity index (χ3v) is 4.90. The summed E-state index contributed by atoms with van der Waals surface area (Å²) in [5, 5.41) is 9.01. The lowest BCUT2D eigenvalue weighted by Crippen LogP contribution is -2.43. The predicted molar refractivity (Wildman–Crippen MR) is 98.6 cm³/mol. The minimum Gasteiger partial charge on any atom is -0.480 e. The van der Waals surface area contributed by atoms with E-state index in [1.54, 1.807) is 0 Å². The molecule has 2 rings (SSSR count). The van der Waals surface area contributed by atoms with Gasteiger partial charge in [-0.05, 0) is 37.7 Å². The van der Waals surface area contributed by atoms with Gasteiger partial charge in [0.25, 0.3) is 0 Å². The molecule has 0 aromatic heterocycles. The second-order valence-corrected chi connectivity index (χ2v) is 6.85. The van der Waals surface area contributed by atoms with E-state index in [1.807, 2.05) is 23.1 Å². The quantitative estimate of drug-likeness (QED) is 0.809. The van der Waals surface area contributed by atoms with Crippen molar-refractivity contribution in [1.82, 2.24) is 9.80 Å². The summed E-state index contributed by atoms with van der Waals surface area (Å²) in [6.07, 6.45) is 4.39. The van der Waals surface area contributed by atoms with Gasteiger partial charge >= 0.3 is 5.97 Å². The van der Waals surface area contributed by atoms with Crippen LogP contribution in [0.25, 0.3) is 0 Å². The number of likely N-dealkylation sites (tertiary alicyclic amines) is 1. The third-order valence-electron chi connectivity index (χ3n) is 4.90. The predicted octanol–water partition coefficient (Wildman–Crippen LogP) is 2.32. The SMILES string of the molecule is CC(=O)N(CC(=O)O)C1CCCN(C(=O)CCCc2ccccc2)CC1. The van der Waals surface area contributed by atoms with Crippen molar-refractivity contribution in [2.24, 2.45) is 0 Å². The molecule has 2 amide bonds. The number of carbonyl (C=O) groups is 3. The van der Waals surface area contributed by atoms with Crippen molar-refractivity contribution in [2.75, 3.05) is 19.6 Å². The van der Waals surface area contributed by atoms with Crippen LogP contribution in [0.15, 0.2) is 30.3 Å². The highest BCUT2D eigenvalue weighted by atomic mass is 16.4. The molecule has 1 fully saturated rings. The number of carbonyl (C=O) groups excluding carboxylic acids is 2. The molecule has 1 aliphatic rings. The van der Waals surface area contributed by atoms with Gasteiger partial charge in [0, 0.05) is 32.5 Å². The Morgan fingerprint density at radius 1 is 1.15 bits per heavy atom. The average molecular weight is 360 g/mol. The molecule has 1 heterocycles. The molecule has 1 unspecified atom stereocenters. The first-order valence-electron chi connectivity index (χ1n) is 9.28. The summed E-state index contributed by atoms with van der Waals surface area (Å²) in [5.41, 5.74) is 1.24. The molecule has 0 radical (unpaired) electrons. The van der Waals surface area contributed by atoms with E-state index >= 15 is 0 Å². The maximum atomic E-state index is 12.5. The number of carboxylic acid groups (broad SMARTS) is 1. The number of nitrogens with zero attached hydrogens (tertiary/aromatic N) is 2. The van der Waals surface area contributed by atoms with Gasteiger partial charge in [0.1, 0.15) is 6.54 Å². The lowest BCUT2D eigenvalue weighted by molar-refractivity contribution is -0.145. The van der Waals surface area contributed by atoms with Crippen molar-refractivity contribution >= 4 is 17.8 Å². The highest BCUT2D eigenvalue weighted by molar-refractivity contribution is 5.80. The van der Waals surface area contributed by atoms with Crippen LogP contribution in [0.2, 0.25) is 0 Å². The summed E-state index contributed by atoms with van der Waals surface area (Å²) in [4.78, 5) is 38.5. The molecular weight excluding hydrogens is 332 g/mol. The van der Waals surface area contributed by atoms with Crippen molar-refractivity contribution in [1.29, 1.82) is 0 Å². The van der Waals surface area contributed by atoms with Crippen molar-refractivity contribution < 1.29 is 19.5 Å². The maximum Gasteiger partial charge on any atom is 0.323 e. The van der Waals surface area contributed by atoms with Crippen molar-refractivity contribution in [3.05, 3.63) is 35.9 Å². The van der Waals surface area contributed by atoms with Crippen LogP contribution >= 0.6 is 0 Å². The van der Waals surface area contributed by atoms with Gasteiger partial charge in [0.2, 0.25) is 11.8 Å². The monoisotopic (exact) mass is 360 g/mol. The topological polar surface area (TPSA) is 77.9 Å². The Hall–Kier alpha value is -2.37. The number of hydrogen-bond donors (Lipinski definition) is 1. The summed E-state index contributed by atoms with van der Waals surface area (Å²) in [6.45, 7) is 2.39. The van der Waals surface area contributed by atoms with Crippen molar-refractivity contribution in [3.8, 4) is 0 Å². The van der Waals surface area contributed by atoms with Crippen LogP contribution < -0.4 is 0 Å². The van der Waals surface area contributed by atoms with Crippen LogP contribution in [-0.4, -0.2) is 58.4 Å². The lowest BCUT2D eigenvalue weighted by Gasteiger charge is -2.28. The minimum absolute atomic E-state index is 0.106. The van der Waals surface area contributed by atoms with Gasteiger partial charge in [0.15, 0.2) is 0 Å². The number of amides is 2. The fourth-order valence-electron chi connectivity index (χ4n) is 3.53. The van der Waals surface area contributed by atoms with E-state index in [0.29, 0.717) is 25.9 Å². The second-order valence-electron chi connectivity index (χ2n) is 6.85. The number of carboxylic acids is 1. The Morgan fingerprint density at radius 2 is 1.88 bits per heavy atom. The van der Waals surface area contributed by atoms with Gasteiger partial charge in [-0.2, -0.15) is 0 Å². The Kier molecular flexibility index (Phi) is 7.63. The van der Waals surface area contributed by atoms with Gasteiger partial charge in [-0.15, -0.1) is 0 Å². The molecule has 1 aromatic rings. The fourth-order valence-corrected chi connectivity index (χ4v) is 3.53. The number of rotatable bonds is 7. The van der Waals surface area contributed by atoms with E-state index in [9.17, 15) is 14.4 Å². The first kappa shape index (κ1) is 19.9. The molecule has 0 saturated carbocycles. The minimum atomic E-state index is -1.00. The first-order chi connectivity index (χ1) is 12.5. The van der Waals surface area contributed by atoms with E-state index in [-0.39, 0.29) is 24.4 Å². The summed E-state index contributed by atoms with van der Waals surface area (Å²) in [5.74, 6) is -1.08. The Labute approximate surface area is 154 Å². The normalized spacial score (nSPS) is 17.4. The summed E-state index contributed by atoms with van der Waals surface area (Å²) in [6, 6.07) is 10.0. The zero-order valence-corrected chi connectivity index (χ0v) is 15.4. The number of aliphatic carboxylic acids is 1. The molecule has 0 aliphatic carbocycles. The molecule has 1 N–H and O–H groups in total. The molecule has 1 atom stereocenters. The zero-order chi connectivity index (χ0) is 18.9. The first-order valence-corrected chi connectivity index (χ1v) is 9.28. The number of hydrogen-bond acceptors (Lipinski definition) is 3. The highest BCUT2D eigenvalue weighted by Gasteiger charge is 2.27. The van der Waals surface area contributed by atoms with Crippen molar-refractivity contribution in [3.63, 3.8) is 0 Å². The fraction of sp³-hybridized carbons (Fsp3) is 0.550. The smallest absolute Gasteiger partial charge is 0.323 e.